The van der Waals surface area contributed by atoms with Crippen LogP contribution in [-0.4, -0.2) is 20.3 Å². The van der Waals surface area contributed by atoms with Gasteiger partial charge in [-0.2, -0.15) is 0 Å². The molecular formula is C26H21FN4O. The molecule has 2 N–H and O–H groups in total. The third kappa shape index (κ3) is 3.50. The summed E-state index contributed by atoms with van der Waals surface area (Å²) in [6.45, 7) is 2.09. The second-order valence-corrected chi connectivity index (χ2v) is 8.23. The number of allylic oxidation sites excluding steroid dienone is 3. The number of nitrogens with two attached hydrogens (primary N) is 1. The molecule has 32 heavy (non-hydrogen) atoms. The predicted molar refractivity (Wildman–Crippen MR) is 122 cm³/mol. The number of aromatic nitrogens is 3. The van der Waals surface area contributed by atoms with Crippen molar-refractivity contribution in [3.05, 3.63) is 102 Å². The van der Waals surface area contributed by atoms with Gasteiger partial charge in [-0.3, -0.25) is 14.2 Å². The lowest BCUT2D eigenvalue weighted by Crippen LogP contribution is -2.27. The summed E-state index contributed by atoms with van der Waals surface area (Å²) in [5.41, 5.74) is 11.2. The fourth-order valence-corrected chi connectivity index (χ4v) is 4.18. The van der Waals surface area contributed by atoms with E-state index in [1.165, 1.54) is 12.1 Å². The Hall–Kier alpha value is -4.06. The molecule has 0 fully saturated rings. The van der Waals surface area contributed by atoms with Crippen LogP contribution in [0.3, 0.4) is 0 Å². The van der Waals surface area contributed by atoms with Crippen LogP contribution in [0.1, 0.15) is 18.9 Å². The summed E-state index contributed by atoms with van der Waals surface area (Å²) >= 11 is 0. The highest BCUT2D eigenvalue weighted by atomic mass is 19.1. The SMILES string of the molecule is CC1(c2ccn3c(-c4ccnc(-c5ccc(F)cc5)c4)cnc3c2)C=CC=C(C(N)=O)C1. The number of nitrogens with zero attached hydrogens (tertiary/aromatic N) is 3. The number of fused-ring (bicyclic) bond motifs is 1. The molecule has 1 aliphatic carbocycles. The average Bonchev–Trinajstić information content (AvgIpc) is 3.23. The van der Waals surface area contributed by atoms with Crippen LogP contribution in [0.5, 0.6) is 0 Å². The number of carbonyl (C=O) groups is 1. The zero-order valence-corrected chi connectivity index (χ0v) is 17.5. The van der Waals surface area contributed by atoms with Crippen molar-refractivity contribution in [2.24, 2.45) is 5.73 Å². The van der Waals surface area contributed by atoms with Crippen LogP contribution in [0.15, 0.2) is 90.9 Å². The van der Waals surface area contributed by atoms with Gasteiger partial charge in [-0.05, 0) is 60.5 Å². The van der Waals surface area contributed by atoms with E-state index in [0.717, 1.165) is 33.7 Å². The van der Waals surface area contributed by atoms with E-state index in [1.807, 2.05) is 41.1 Å². The number of imidazole rings is 1. The molecule has 4 aromatic rings. The summed E-state index contributed by atoms with van der Waals surface area (Å²) < 4.78 is 15.3. The Morgan fingerprint density at radius 3 is 2.69 bits per heavy atom. The van der Waals surface area contributed by atoms with Gasteiger partial charge in [0.1, 0.15) is 11.5 Å². The molecule has 0 saturated carbocycles. The van der Waals surface area contributed by atoms with Crippen LogP contribution < -0.4 is 5.73 Å². The smallest absolute Gasteiger partial charge is 0.244 e. The molecule has 1 amide bonds. The lowest BCUT2D eigenvalue weighted by molar-refractivity contribution is -0.114. The number of halogens is 1. The molecule has 3 aromatic heterocycles. The fraction of sp³-hybridized carbons (Fsp3) is 0.115. The van der Waals surface area contributed by atoms with Gasteiger partial charge in [-0.1, -0.05) is 25.2 Å². The highest BCUT2D eigenvalue weighted by Gasteiger charge is 2.29. The van der Waals surface area contributed by atoms with E-state index in [4.69, 9.17) is 5.73 Å². The topological polar surface area (TPSA) is 73.3 Å². The first-order valence-electron chi connectivity index (χ1n) is 10.3. The molecule has 5 rings (SSSR count). The van der Waals surface area contributed by atoms with Gasteiger partial charge in [0.15, 0.2) is 0 Å². The molecule has 158 valence electrons. The zero-order chi connectivity index (χ0) is 22.3. The zero-order valence-electron chi connectivity index (χ0n) is 17.5. The van der Waals surface area contributed by atoms with Crippen molar-refractivity contribution in [3.63, 3.8) is 0 Å². The molecule has 1 unspecified atom stereocenters. The van der Waals surface area contributed by atoms with E-state index in [0.29, 0.717) is 12.0 Å². The number of hydrogen-bond donors (Lipinski definition) is 1. The fourth-order valence-electron chi connectivity index (χ4n) is 4.18. The monoisotopic (exact) mass is 424 g/mol. The first kappa shape index (κ1) is 19.9. The van der Waals surface area contributed by atoms with Gasteiger partial charge in [0.2, 0.25) is 5.91 Å². The molecule has 5 nitrogen and oxygen atoms in total. The maximum absolute atomic E-state index is 13.3. The van der Waals surface area contributed by atoms with Crippen molar-refractivity contribution in [1.29, 1.82) is 0 Å². The maximum Gasteiger partial charge on any atom is 0.244 e. The second-order valence-electron chi connectivity index (χ2n) is 8.23. The number of amides is 1. The third-order valence-corrected chi connectivity index (χ3v) is 6.00. The summed E-state index contributed by atoms with van der Waals surface area (Å²) in [6, 6.07) is 14.3. The molecule has 1 atom stereocenters. The Balaban J connectivity index is 1.51. The van der Waals surface area contributed by atoms with Crippen LogP contribution >= 0.6 is 0 Å². The number of benzene rings is 1. The van der Waals surface area contributed by atoms with Crippen molar-refractivity contribution in [2.75, 3.05) is 0 Å². The lowest BCUT2D eigenvalue weighted by Gasteiger charge is -2.29. The van der Waals surface area contributed by atoms with E-state index in [-0.39, 0.29) is 17.1 Å². The average molecular weight is 424 g/mol. The van der Waals surface area contributed by atoms with Gasteiger partial charge in [0.05, 0.1) is 17.6 Å². The highest BCUT2D eigenvalue weighted by Crippen LogP contribution is 2.36. The van der Waals surface area contributed by atoms with Crippen molar-refractivity contribution in [1.82, 2.24) is 14.4 Å². The Labute approximate surface area is 184 Å². The molecule has 1 aliphatic rings. The van der Waals surface area contributed by atoms with E-state index >= 15 is 0 Å². The number of rotatable bonds is 4. The second kappa shape index (κ2) is 7.57. The number of primary amides is 1. The molecule has 0 bridgehead atoms. The maximum atomic E-state index is 13.3. The van der Waals surface area contributed by atoms with Crippen LogP contribution in [-0.2, 0) is 10.2 Å². The Bertz CT molecular complexity index is 1400. The first-order valence-corrected chi connectivity index (χ1v) is 10.3. The lowest BCUT2D eigenvalue weighted by atomic mass is 9.75. The predicted octanol–water partition coefficient (Wildman–Crippen LogP) is 4.83. The van der Waals surface area contributed by atoms with Gasteiger partial charge in [-0.15, -0.1) is 0 Å². The summed E-state index contributed by atoms with van der Waals surface area (Å²) in [7, 11) is 0. The van der Waals surface area contributed by atoms with Crippen LogP contribution in [0, 0.1) is 5.82 Å². The van der Waals surface area contributed by atoms with Gasteiger partial charge in [0.25, 0.3) is 0 Å². The molecule has 6 heteroatoms. The van der Waals surface area contributed by atoms with Gasteiger partial charge in [-0.25, -0.2) is 9.37 Å². The summed E-state index contributed by atoms with van der Waals surface area (Å²) in [5, 5.41) is 0. The molecule has 0 spiro atoms. The minimum absolute atomic E-state index is 0.276. The standard InChI is InChI=1S/C26H21FN4O/c1-26(10-2-3-19(15-26)25(28)32)20-9-12-31-23(16-30-24(31)14-20)18-8-11-29-22(13-18)17-4-6-21(27)7-5-17/h2-14,16H,15H2,1H3,(H2,28,32). The highest BCUT2D eigenvalue weighted by molar-refractivity contribution is 5.93. The van der Waals surface area contributed by atoms with Gasteiger partial charge < -0.3 is 5.73 Å². The molecular weight excluding hydrogens is 403 g/mol. The van der Waals surface area contributed by atoms with E-state index in [9.17, 15) is 9.18 Å². The van der Waals surface area contributed by atoms with Crippen LogP contribution in [0.25, 0.3) is 28.2 Å². The normalized spacial score (nSPS) is 18.0. The first-order chi connectivity index (χ1) is 15.4. The van der Waals surface area contributed by atoms with Gasteiger partial charge in [0, 0.05) is 34.5 Å². The Morgan fingerprint density at radius 1 is 1.09 bits per heavy atom. The van der Waals surface area contributed by atoms with E-state index < -0.39 is 0 Å². The molecule has 3 heterocycles. The third-order valence-electron chi connectivity index (χ3n) is 6.00. The molecule has 0 saturated heterocycles. The van der Waals surface area contributed by atoms with Crippen molar-refractivity contribution in [2.45, 2.75) is 18.8 Å². The molecule has 0 aliphatic heterocycles. The van der Waals surface area contributed by atoms with E-state index in [2.05, 4.69) is 29.0 Å². The molecule has 0 radical (unpaired) electrons. The van der Waals surface area contributed by atoms with Crippen LogP contribution in [0.4, 0.5) is 4.39 Å². The van der Waals surface area contributed by atoms with Crippen molar-refractivity contribution < 1.29 is 9.18 Å². The van der Waals surface area contributed by atoms with Gasteiger partial charge >= 0.3 is 0 Å². The van der Waals surface area contributed by atoms with Crippen molar-refractivity contribution in [3.8, 4) is 22.5 Å². The summed E-state index contributed by atoms with van der Waals surface area (Å²) in [5.74, 6) is -0.665. The minimum atomic E-state index is -0.389. The van der Waals surface area contributed by atoms with Crippen LogP contribution in [0.2, 0.25) is 0 Å². The number of pyridine rings is 2. The van der Waals surface area contributed by atoms with E-state index in [1.54, 1.807) is 24.4 Å². The summed E-state index contributed by atoms with van der Waals surface area (Å²) in [6.07, 6.45) is 11.9. The number of carbonyl (C=O) groups excluding carboxylic acids is 1. The Kier molecular flexibility index (Phi) is 4.70. The minimum Gasteiger partial charge on any atom is -0.366 e. The van der Waals surface area contributed by atoms with Crippen molar-refractivity contribution >= 4 is 11.6 Å². The largest absolute Gasteiger partial charge is 0.366 e. The Morgan fingerprint density at radius 2 is 1.91 bits per heavy atom. The quantitative estimate of drug-likeness (QED) is 0.510. The molecule has 1 aromatic carbocycles. The summed E-state index contributed by atoms with van der Waals surface area (Å²) in [4.78, 5) is 20.7. The number of hydrogen-bond acceptors (Lipinski definition) is 3.